The van der Waals surface area contributed by atoms with Crippen LogP contribution in [-0.4, -0.2) is 38.4 Å². The van der Waals surface area contributed by atoms with Crippen molar-refractivity contribution >= 4 is 5.91 Å². The van der Waals surface area contributed by atoms with E-state index in [1.165, 1.54) is 6.33 Å². The molecule has 0 spiro atoms. The Balaban J connectivity index is 2.27. The van der Waals surface area contributed by atoms with Gasteiger partial charge in [0.15, 0.2) is 0 Å². The lowest BCUT2D eigenvalue weighted by atomic mass is 10.0. The molecule has 1 heterocycles. The maximum atomic E-state index is 11.6. The summed E-state index contributed by atoms with van der Waals surface area (Å²) in [6.07, 6.45) is 4.14. The fourth-order valence-electron chi connectivity index (χ4n) is 1.61. The quantitative estimate of drug-likeness (QED) is 0.713. The summed E-state index contributed by atoms with van der Waals surface area (Å²) in [5.74, 6) is 0.378. The number of aromatic nitrogens is 3. The van der Waals surface area contributed by atoms with Crippen LogP contribution in [0.25, 0.3) is 0 Å². The van der Waals surface area contributed by atoms with Crippen LogP contribution in [-0.2, 0) is 11.3 Å². The standard InChI is InChI=1S/C11H20N4O2/c1-9(2)5-10(6-16)14-11(17)3-4-15-8-12-7-13-15/h7-10,16H,3-6H2,1-2H3,(H,14,17). The lowest BCUT2D eigenvalue weighted by Gasteiger charge is -2.18. The number of rotatable bonds is 7. The number of carbonyl (C=O) groups is 1. The Kier molecular flexibility index (Phi) is 5.62. The lowest BCUT2D eigenvalue weighted by molar-refractivity contribution is -0.122. The third-order valence-corrected chi connectivity index (χ3v) is 2.38. The van der Waals surface area contributed by atoms with Gasteiger partial charge in [0.25, 0.3) is 0 Å². The zero-order valence-electron chi connectivity index (χ0n) is 10.3. The zero-order valence-corrected chi connectivity index (χ0v) is 10.3. The van der Waals surface area contributed by atoms with Gasteiger partial charge in [-0.2, -0.15) is 5.10 Å². The predicted octanol–water partition coefficient (Wildman–Crippen LogP) is 0.191. The third-order valence-electron chi connectivity index (χ3n) is 2.38. The highest BCUT2D eigenvalue weighted by Gasteiger charge is 2.12. The third kappa shape index (κ3) is 5.44. The largest absolute Gasteiger partial charge is 0.394 e. The van der Waals surface area contributed by atoms with Crippen LogP contribution >= 0.6 is 0 Å². The van der Waals surface area contributed by atoms with Crippen LogP contribution in [0.4, 0.5) is 0 Å². The second-order valence-corrected chi connectivity index (χ2v) is 4.49. The summed E-state index contributed by atoms with van der Waals surface area (Å²) in [6.45, 7) is 4.60. The van der Waals surface area contributed by atoms with Gasteiger partial charge >= 0.3 is 0 Å². The molecule has 0 saturated carbocycles. The van der Waals surface area contributed by atoms with Crippen molar-refractivity contribution in [3.05, 3.63) is 12.7 Å². The minimum Gasteiger partial charge on any atom is -0.394 e. The van der Waals surface area contributed by atoms with Gasteiger partial charge in [-0.3, -0.25) is 9.48 Å². The van der Waals surface area contributed by atoms with Gasteiger partial charge < -0.3 is 10.4 Å². The maximum Gasteiger partial charge on any atom is 0.222 e. The molecule has 17 heavy (non-hydrogen) atoms. The Morgan fingerprint density at radius 2 is 2.29 bits per heavy atom. The molecule has 0 bridgehead atoms. The van der Waals surface area contributed by atoms with Gasteiger partial charge in [0.2, 0.25) is 5.91 Å². The summed E-state index contributed by atoms with van der Waals surface area (Å²) in [6, 6.07) is -0.154. The summed E-state index contributed by atoms with van der Waals surface area (Å²) >= 11 is 0. The lowest BCUT2D eigenvalue weighted by Crippen LogP contribution is -2.38. The molecule has 1 atom stereocenters. The van der Waals surface area contributed by atoms with Gasteiger partial charge in [0, 0.05) is 6.42 Å². The van der Waals surface area contributed by atoms with E-state index in [-0.39, 0.29) is 18.6 Å². The van der Waals surface area contributed by atoms with Gasteiger partial charge in [-0.05, 0) is 12.3 Å². The van der Waals surface area contributed by atoms with Crippen molar-refractivity contribution in [1.29, 1.82) is 0 Å². The fourth-order valence-corrected chi connectivity index (χ4v) is 1.61. The molecule has 1 aromatic rings. The zero-order chi connectivity index (χ0) is 12.7. The fraction of sp³-hybridized carbons (Fsp3) is 0.727. The molecule has 6 nitrogen and oxygen atoms in total. The van der Waals surface area contributed by atoms with Crippen molar-refractivity contribution in [2.45, 2.75) is 39.3 Å². The van der Waals surface area contributed by atoms with Crippen LogP contribution in [0.2, 0.25) is 0 Å². The molecule has 0 aliphatic carbocycles. The van der Waals surface area contributed by atoms with E-state index in [9.17, 15) is 4.79 Å². The molecule has 1 unspecified atom stereocenters. The van der Waals surface area contributed by atoms with E-state index in [0.717, 1.165) is 6.42 Å². The number of aryl methyl sites for hydroxylation is 1. The molecule has 0 saturated heterocycles. The summed E-state index contributed by atoms with van der Waals surface area (Å²) in [4.78, 5) is 15.4. The van der Waals surface area contributed by atoms with E-state index >= 15 is 0 Å². The summed E-state index contributed by atoms with van der Waals surface area (Å²) in [5.41, 5.74) is 0. The highest BCUT2D eigenvalue weighted by atomic mass is 16.3. The van der Waals surface area contributed by atoms with Gasteiger partial charge in [-0.15, -0.1) is 0 Å². The van der Waals surface area contributed by atoms with Crippen LogP contribution in [0, 0.1) is 5.92 Å². The van der Waals surface area contributed by atoms with Gasteiger partial charge in [-0.1, -0.05) is 13.8 Å². The highest BCUT2D eigenvalue weighted by molar-refractivity contribution is 5.76. The number of hydrogen-bond acceptors (Lipinski definition) is 4. The average molecular weight is 240 g/mol. The van der Waals surface area contributed by atoms with Gasteiger partial charge in [0.05, 0.1) is 19.2 Å². The molecule has 0 aromatic carbocycles. The number of hydrogen-bond donors (Lipinski definition) is 2. The van der Waals surface area contributed by atoms with Crippen molar-refractivity contribution in [1.82, 2.24) is 20.1 Å². The van der Waals surface area contributed by atoms with E-state index in [1.807, 2.05) is 0 Å². The van der Waals surface area contributed by atoms with Gasteiger partial charge in [-0.25, -0.2) is 4.98 Å². The number of nitrogens with zero attached hydrogens (tertiary/aromatic N) is 3. The van der Waals surface area contributed by atoms with E-state index in [0.29, 0.717) is 18.9 Å². The summed E-state index contributed by atoms with van der Waals surface area (Å²) in [5, 5.41) is 15.9. The Morgan fingerprint density at radius 3 is 2.82 bits per heavy atom. The predicted molar refractivity (Wildman–Crippen MR) is 63.1 cm³/mol. The van der Waals surface area contributed by atoms with Crippen molar-refractivity contribution in [3.63, 3.8) is 0 Å². The Labute approximate surface area is 101 Å². The first kappa shape index (κ1) is 13.6. The van der Waals surface area contributed by atoms with Crippen LogP contribution in [0.3, 0.4) is 0 Å². The number of nitrogens with one attached hydrogen (secondary N) is 1. The second-order valence-electron chi connectivity index (χ2n) is 4.49. The SMILES string of the molecule is CC(C)CC(CO)NC(=O)CCn1cncn1. The molecule has 1 amide bonds. The molecule has 0 aliphatic heterocycles. The molecule has 1 aromatic heterocycles. The first-order valence-electron chi connectivity index (χ1n) is 5.84. The Morgan fingerprint density at radius 1 is 1.53 bits per heavy atom. The summed E-state index contributed by atoms with van der Waals surface area (Å²) < 4.78 is 1.61. The Bertz CT molecular complexity index is 324. The molecular formula is C11H20N4O2. The number of aliphatic hydroxyl groups is 1. The number of aliphatic hydroxyl groups excluding tert-OH is 1. The summed E-state index contributed by atoms with van der Waals surface area (Å²) in [7, 11) is 0. The topological polar surface area (TPSA) is 80.0 Å². The molecule has 6 heteroatoms. The van der Waals surface area contributed by atoms with E-state index in [2.05, 4.69) is 29.2 Å². The van der Waals surface area contributed by atoms with E-state index < -0.39 is 0 Å². The van der Waals surface area contributed by atoms with Crippen LogP contribution in [0.1, 0.15) is 26.7 Å². The normalized spacial score (nSPS) is 12.7. The second kappa shape index (κ2) is 7.01. The minimum atomic E-state index is -0.154. The van der Waals surface area contributed by atoms with Crippen LogP contribution in [0.15, 0.2) is 12.7 Å². The van der Waals surface area contributed by atoms with E-state index in [1.54, 1.807) is 11.0 Å². The number of carbonyl (C=O) groups excluding carboxylic acids is 1. The smallest absolute Gasteiger partial charge is 0.222 e. The molecule has 0 aliphatic rings. The first-order chi connectivity index (χ1) is 8.11. The molecular weight excluding hydrogens is 220 g/mol. The first-order valence-corrected chi connectivity index (χ1v) is 5.84. The van der Waals surface area contributed by atoms with Crippen molar-refractivity contribution in [2.75, 3.05) is 6.61 Å². The van der Waals surface area contributed by atoms with Gasteiger partial charge in [0.1, 0.15) is 12.7 Å². The van der Waals surface area contributed by atoms with Crippen LogP contribution in [0.5, 0.6) is 0 Å². The number of amides is 1. The Hall–Kier alpha value is -1.43. The van der Waals surface area contributed by atoms with Crippen molar-refractivity contribution < 1.29 is 9.90 Å². The van der Waals surface area contributed by atoms with Crippen molar-refractivity contribution in [2.24, 2.45) is 5.92 Å². The molecule has 0 radical (unpaired) electrons. The maximum absolute atomic E-state index is 11.6. The van der Waals surface area contributed by atoms with Crippen LogP contribution < -0.4 is 5.32 Å². The molecule has 1 rings (SSSR count). The van der Waals surface area contributed by atoms with Crippen molar-refractivity contribution in [3.8, 4) is 0 Å². The molecule has 0 fully saturated rings. The highest BCUT2D eigenvalue weighted by Crippen LogP contribution is 2.04. The minimum absolute atomic E-state index is 0.0206. The molecule has 96 valence electrons. The van der Waals surface area contributed by atoms with E-state index in [4.69, 9.17) is 5.11 Å². The average Bonchev–Trinajstić information content (AvgIpc) is 2.77. The monoisotopic (exact) mass is 240 g/mol. The molecule has 2 N–H and O–H groups in total.